The van der Waals surface area contributed by atoms with Crippen LogP contribution in [-0.2, 0) is 26.1 Å². The SMILES string of the molecule is CCCn1c(SCC(=O)Nc2ccc(Cl)c(S(=O)(=O)N3CCOCC3)c2)n[nH]c1=O. The van der Waals surface area contributed by atoms with Crippen LogP contribution in [0.4, 0.5) is 5.69 Å². The fourth-order valence-electron chi connectivity index (χ4n) is 2.87. The van der Waals surface area contributed by atoms with Gasteiger partial charge < -0.3 is 10.1 Å². The van der Waals surface area contributed by atoms with Gasteiger partial charge in [-0.15, -0.1) is 5.10 Å². The number of halogens is 1. The maximum atomic E-state index is 12.9. The third-order valence-electron chi connectivity index (χ3n) is 4.31. The van der Waals surface area contributed by atoms with E-state index in [1.54, 1.807) is 0 Å². The highest BCUT2D eigenvalue weighted by molar-refractivity contribution is 7.99. The van der Waals surface area contributed by atoms with Crippen molar-refractivity contribution in [1.82, 2.24) is 19.1 Å². The molecule has 0 aliphatic carbocycles. The molecule has 164 valence electrons. The van der Waals surface area contributed by atoms with E-state index in [1.807, 2.05) is 6.92 Å². The number of amides is 1. The van der Waals surface area contributed by atoms with Crippen LogP contribution in [0.15, 0.2) is 33.0 Å². The van der Waals surface area contributed by atoms with E-state index in [-0.39, 0.29) is 40.4 Å². The van der Waals surface area contributed by atoms with Gasteiger partial charge in [-0.3, -0.25) is 9.36 Å². The van der Waals surface area contributed by atoms with E-state index in [2.05, 4.69) is 15.5 Å². The Morgan fingerprint density at radius 2 is 2.10 bits per heavy atom. The predicted octanol–water partition coefficient (Wildman–Crippen LogP) is 1.39. The third kappa shape index (κ3) is 5.24. The molecule has 30 heavy (non-hydrogen) atoms. The first-order valence-electron chi connectivity index (χ1n) is 9.28. The van der Waals surface area contributed by atoms with E-state index in [0.717, 1.165) is 18.2 Å². The number of benzene rings is 1. The van der Waals surface area contributed by atoms with Gasteiger partial charge in [0.15, 0.2) is 5.16 Å². The molecule has 1 amide bonds. The summed E-state index contributed by atoms with van der Waals surface area (Å²) in [7, 11) is -3.80. The molecule has 3 rings (SSSR count). The minimum atomic E-state index is -3.80. The molecular weight excluding hydrogens is 454 g/mol. The maximum absolute atomic E-state index is 12.9. The zero-order chi connectivity index (χ0) is 21.7. The number of ether oxygens (including phenoxy) is 1. The van der Waals surface area contributed by atoms with Gasteiger partial charge in [0.1, 0.15) is 4.90 Å². The topological polar surface area (TPSA) is 126 Å². The third-order valence-corrected chi connectivity index (χ3v) is 7.66. The second-order valence-corrected chi connectivity index (χ2v) is 9.72. The van der Waals surface area contributed by atoms with Gasteiger partial charge in [0.2, 0.25) is 15.9 Å². The molecule has 2 heterocycles. The molecule has 1 aliphatic heterocycles. The summed E-state index contributed by atoms with van der Waals surface area (Å²) in [6.45, 7) is 3.56. The highest BCUT2D eigenvalue weighted by Gasteiger charge is 2.28. The largest absolute Gasteiger partial charge is 0.379 e. The van der Waals surface area contributed by atoms with Crippen molar-refractivity contribution in [2.75, 3.05) is 37.4 Å². The number of nitrogens with zero attached hydrogens (tertiary/aromatic N) is 3. The summed E-state index contributed by atoms with van der Waals surface area (Å²) in [5, 5.41) is 9.45. The van der Waals surface area contributed by atoms with Crippen molar-refractivity contribution in [2.45, 2.75) is 29.9 Å². The standard InChI is InChI=1S/C17H22ClN5O5S2/c1-2-5-23-16(25)20-21-17(23)29-11-15(24)19-12-3-4-13(18)14(10-12)30(26,27)22-6-8-28-9-7-22/h3-4,10H,2,5-9,11H2,1H3,(H,19,24)(H,20,25). The number of sulfonamides is 1. The van der Waals surface area contributed by atoms with Gasteiger partial charge in [0.05, 0.1) is 24.0 Å². The van der Waals surface area contributed by atoms with Crippen LogP contribution in [0.1, 0.15) is 13.3 Å². The lowest BCUT2D eigenvalue weighted by Crippen LogP contribution is -2.40. The highest BCUT2D eigenvalue weighted by atomic mass is 35.5. The van der Waals surface area contributed by atoms with Crippen molar-refractivity contribution in [3.05, 3.63) is 33.7 Å². The van der Waals surface area contributed by atoms with E-state index < -0.39 is 10.0 Å². The number of H-pyrrole nitrogens is 1. The fraction of sp³-hybridized carbons (Fsp3) is 0.471. The van der Waals surface area contributed by atoms with Crippen molar-refractivity contribution < 1.29 is 17.9 Å². The number of hydrogen-bond donors (Lipinski definition) is 2. The van der Waals surface area contributed by atoms with Crippen LogP contribution in [-0.4, -0.2) is 65.5 Å². The number of hydrogen-bond acceptors (Lipinski definition) is 7. The van der Waals surface area contributed by atoms with Gasteiger partial charge in [-0.05, 0) is 24.6 Å². The maximum Gasteiger partial charge on any atom is 0.343 e. The van der Waals surface area contributed by atoms with Crippen LogP contribution in [0, 0.1) is 0 Å². The molecule has 2 aromatic rings. The minimum Gasteiger partial charge on any atom is -0.379 e. The zero-order valence-corrected chi connectivity index (χ0v) is 18.6. The van der Waals surface area contributed by atoms with Crippen LogP contribution < -0.4 is 11.0 Å². The quantitative estimate of drug-likeness (QED) is 0.552. The number of anilines is 1. The van der Waals surface area contributed by atoms with E-state index >= 15 is 0 Å². The van der Waals surface area contributed by atoms with Crippen molar-refractivity contribution in [3.63, 3.8) is 0 Å². The number of carbonyl (C=O) groups excluding carboxylic acids is 1. The lowest BCUT2D eigenvalue weighted by atomic mass is 10.3. The van der Waals surface area contributed by atoms with Gasteiger partial charge >= 0.3 is 5.69 Å². The molecule has 1 aliphatic rings. The van der Waals surface area contributed by atoms with Crippen LogP contribution in [0.3, 0.4) is 0 Å². The second kappa shape index (κ2) is 9.96. The molecule has 13 heteroatoms. The first-order chi connectivity index (χ1) is 14.3. The number of thioether (sulfide) groups is 1. The van der Waals surface area contributed by atoms with Gasteiger partial charge in [-0.1, -0.05) is 30.3 Å². The predicted molar refractivity (Wildman–Crippen MR) is 114 cm³/mol. The van der Waals surface area contributed by atoms with Crippen LogP contribution in [0.5, 0.6) is 0 Å². The Morgan fingerprint density at radius 3 is 2.80 bits per heavy atom. The molecule has 0 radical (unpaired) electrons. The molecule has 10 nitrogen and oxygen atoms in total. The van der Waals surface area contributed by atoms with Gasteiger partial charge in [-0.2, -0.15) is 4.31 Å². The summed E-state index contributed by atoms with van der Waals surface area (Å²) in [6, 6.07) is 4.31. The second-order valence-electron chi connectivity index (χ2n) is 6.46. The van der Waals surface area contributed by atoms with Crippen molar-refractivity contribution in [2.24, 2.45) is 0 Å². The van der Waals surface area contributed by atoms with Crippen molar-refractivity contribution in [3.8, 4) is 0 Å². The molecule has 0 saturated carbocycles. The Balaban J connectivity index is 1.69. The van der Waals surface area contributed by atoms with Gasteiger partial charge in [-0.25, -0.2) is 18.3 Å². The van der Waals surface area contributed by atoms with Crippen LogP contribution in [0.25, 0.3) is 0 Å². The lowest BCUT2D eigenvalue weighted by Gasteiger charge is -2.26. The molecule has 2 N–H and O–H groups in total. The smallest absolute Gasteiger partial charge is 0.343 e. The molecule has 1 saturated heterocycles. The summed E-state index contributed by atoms with van der Waals surface area (Å²) >= 11 is 7.24. The Hall–Kier alpha value is -1.86. The summed E-state index contributed by atoms with van der Waals surface area (Å²) in [4.78, 5) is 24.0. The average Bonchev–Trinajstić information content (AvgIpc) is 3.08. The summed E-state index contributed by atoms with van der Waals surface area (Å²) in [5.74, 6) is -0.363. The fourth-order valence-corrected chi connectivity index (χ4v) is 5.55. The molecule has 1 aromatic carbocycles. The summed E-state index contributed by atoms with van der Waals surface area (Å²) in [6.07, 6.45) is 0.754. The van der Waals surface area contributed by atoms with E-state index in [1.165, 1.54) is 27.1 Å². The first kappa shape index (κ1) is 22.8. The molecule has 0 bridgehead atoms. The summed E-state index contributed by atoms with van der Waals surface area (Å²) in [5.41, 5.74) is -0.0137. The minimum absolute atomic E-state index is 0.00216. The number of rotatable bonds is 8. The number of carbonyl (C=O) groups is 1. The molecular formula is C17H22ClN5O5S2. The average molecular weight is 476 g/mol. The van der Waals surface area contributed by atoms with E-state index in [0.29, 0.717) is 30.6 Å². The lowest BCUT2D eigenvalue weighted by molar-refractivity contribution is -0.113. The monoisotopic (exact) mass is 475 g/mol. The van der Waals surface area contributed by atoms with Crippen LogP contribution in [0.2, 0.25) is 5.02 Å². The Labute approximate surface area is 183 Å². The van der Waals surface area contributed by atoms with Crippen molar-refractivity contribution >= 4 is 45.0 Å². The number of nitrogens with one attached hydrogen (secondary N) is 2. The number of aromatic nitrogens is 3. The molecule has 0 spiro atoms. The van der Waals surface area contributed by atoms with Gasteiger partial charge in [0, 0.05) is 25.3 Å². The normalized spacial score (nSPS) is 15.3. The number of morpholine rings is 1. The molecule has 0 unspecified atom stereocenters. The van der Waals surface area contributed by atoms with Crippen molar-refractivity contribution in [1.29, 1.82) is 0 Å². The summed E-state index contributed by atoms with van der Waals surface area (Å²) < 4.78 is 33.7. The number of aromatic amines is 1. The highest BCUT2D eigenvalue weighted by Crippen LogP contribution is 2.28. The zero-order valence-electron chi connectivity index (χ0n) is 16.3. The van der Waals surface area contributed by atoms with E-state index in [9.17, 15) is 18.0 Å². The Morgan fingerprint density at radius 1 is 1.37 bits per heavy atom. The Bertz CT molecular complexity index is 1060. The molecule has 0 atom stereocenters. The Kier molecular flexibility index (Phi) is 7.58. The van der Waals surface area contributed by atoms with Crippen LogP contribution >= 0.6 is 23.4 Å². The molecule has 1 fully saturated rings. The van der Waals surface area contributed by atoms with E-state index in [4.69, 9.17) is 16.3 Å². The molecule has 1 aromatic heterocycles. The van der Waals surface area contributed by atoms with Gasteiger partial charge in [0.25, 0.3) is 0 Å². The first-order valence-corrected chi connectivity index (χ1v) is 12.1.